The van der Waals surface area contributed by atoms with Crippen molar-refractivity contribution in [1.82, 2.24) is 0 Å². The van der Waals surface area contributed by atoms with E-state index in [0.717, 1.165) is 6.07 Å². The van der Waals surface area contributed by atoms with Crippen LogP contribution in [0.25, 0.3) is 0 Å². The minimum Gasteiger partial charge on any atom is -0.504 e. The van der Waals surface area contributed by atoms with Crippen LogP contribution in [0.1, 0.15) is 17.5 Å². The Morgan fingerprint density at radius 1 is 1.18 bits per heavy atom. The normalized spacial score (nSPS) is 11.5. The lowest BCUT2D eigenvalue weighted by Gasteiger charge is -2.13. The number of hydrogen-bond donors (Lipinski definition) is 3. The van der Waals surface area contributed by atoms with E-state index in [1.54, 1.807) is 0 Å². The van der Waals surface area contributed by atoms with E-state index in [-0.39, 0.29) is 12.0 Å². The van der Waals surface area contributed by atoms with Crippen molar-refractivity contribution in [3.8, 4) is 11.5 Å². The number of hydrogen-bond acceptors (Lipinski definition) is 3. The van der Waals surface area contributed by atoms with Gasteiger partial charge >= 0.3 is 12.1 Å². The molecule has 1 aromatic rings. The van der Waals surface area contributed by atoms with E-state index >= 15 is 0 Å². The second-order valence-electron chi connectivity index (χ2n) is 3.39. The van der Waals surface area contributed by atoms with Crippen LogP contribution >= 0.6 is 0 Å². The molecule has 0 fully saturated rings. The third-order valence-electron chi connectivity index (χ3n) is 2.11. The Morgan fingerprint density at radius 3 is 2.18 bits per heavy atom. The Kier molecular flexibility index (Phi) is 3.50. The maximum atomic E-state index is 12.5. The topological polar surface area (TPSA) is 77.8 Å². The molecule has 0 amide bonds. The highest BCUT2D eigenvalue weighted by Crippen LogP contribution is 2.38. The van der Waals surface area contributed by atoms with Gasteiger partial charge in [-0.25, -0.2) is 0 Å². The van der Waals surface area contributed by atoms with Crippen LogP contribution in [-0.4, -0.2) is 21.3 Å². The minimum absolute atomic E-state index is 0.366. The molecule has 3 N–H and O–H groups in total. The first-order valence-electron chi connectivity index (χ1n) is 4.55. The third kappa shape index (κ3) is 3.27. The highest BCUT2D eigenvalue weighted by molar-refractivity contribution is 5.67. The van der Waals surface area contributed by atoms with Gasteiger partial charge in [-0.15, -0.1) is 0 Å². The molecule has 0 atom stereocenters. The smallest absolute Gasteiger partial charge is 0.416 e. The second-order valence-corrected chi connectivity index (χ2v) is 3.39. The molecule has 0 spiro atoms. The number of benzene rings is 1. The number of aliphatic carboxylic acids is 1. The molecule has 4 nitrogen and oxygen atoms in total. The number of phenols is 2. The van der Waals surface area contributed by atoms with Crippen LogP contribution in [0.4, 0.5) is 13.2 Å². The van der Waals surface area contributed by atoms with Crippen LogP contribution < -0.4 is 0 Å². The van der Waals surface area contributed by atoms with Gasteiger partial charge in [0, 0.05) is 6.42 Å². The summed E-state index contributed by atoms with van der Waals surface area (Å²) in [6.45, 7) is 0. The zero-order chi connectivity index (χ0) is 13.2. The monoisotopic (exact) mass is 250 g/mol. The van der Waals surface area contributed by atoms with Crippen molar-refractivity contribution in [3.05, 3.63) is 23.3 Å². The Labute approximate surface area is 93.9 Å². The molecule has 94 valence electrons. The lowest BCUT2D eigenvalue weighted by molar-refractivity contribution is -0.140. The Hall–Kier alpha value is -1.92. The van der Waals surface area contributed by atoms with Crippen molar-refractivity contribution < 1.29 is 33.3 Å². The van der Waals surface area contributed by atoms with Gasteiger partial charge in [-0.2, -0.15) is 13.2 Å². The zero-order valence-corrected chi connectivity index (χ0v) is 8.45. The molecule has 17 heavy (non-hydrogen) atoms. The van der Waals surface area contributed by atoms with Crippen LogP contribution in [0.5, 0.6) is 11.5 Å². The molecular weight excluding hydrogens is 241 g/mol. The predicted octanol–water partition coefficient (Wildman–Crippen LogP) is 2.13. The summed E-state index contributed by atoms with van der Waals surface area (Å²) in [5.74, 6) is -2.85. The fourth-order valence-corrected chi connectivity index (χ4v) is 1.33. The van der Waals surface area contributed by atoms with Crippen molar-refractivity contribution in [3.63, 3.8) is 0 Å². The van der Waals surface area contributed by atoms with Crippen molar-refractivity contribution in [2.45, 2.75) is 19.0 Å². The summed E-state index contributed by atoms with van der Waals surface area (Å²) in [7, 11) is 0. The highest BCUT2D eigenvalue weighted by Gasteiger charge is 2.34. The number of carbonyl (C=O) groups is 1. The van der Waals surface area contributed by atoms with Gasteiger partial charge in [0.05, 0.1) is 5.56 Å². The van der Waals surface area contributed by atoms with Crippen LogP contribution in [0.2, 0.25) is 0 Å². The summed E-state index contributed by atoms with van der Waals surface area (Å²) in [6, 6.07) is 1.10. The largest absolute Gasteiger partial charge is 0.504 e. The first kappa shape index (κ1) is 13.1. The number of phenolic OH excluding ortho intramolecular Hbond substituents is 2. The molecule has 0 saturated carbocycles. The van der Waals surface area contributed by atoms with Gasteiger partial charge in [0.25, 0.3) is 0 Å². The van der Waals surface area contributed by atoms with Gasteiger partial charge in [-0.05, 0) is 24.1 Å². The number of aromatic hydroxyl groups is 2. The second kappa shape index (κ2) is 4.52. The van der Waals surface area contributed by atoms with Gasteiger partial charge in [-0.1, -0.05) is 0 Å². The number of halogens is 3. The summed E-state index contributed by atoms with van der Waals surface area (Å²) in [5.41, 5.74) is -1.51. The molecule has 0 aliphatic heterocycles. The lowest BCUT2D eigenvalue weighted by atomic mass is 10.0. The zero-order valence-electron chi connectivity index (χ0n) is 8.45. The molecule has 0 heterocycles. The summed E-state index contributed by atoms with van der Waals surface area (Å²) in [6.07, 6.45) is -5.58. The summed E-state index contributed by atoms with van der Waals surface area (Å²) < 4.78 is 37.6. The van der Waals surface area contributed by atoms with Gasteiger partial charge in [0.15, 0.2) is 11.5 Å². The fraction of sp³-hybridized carbons (Fsp3) is 0.300. The first-order chi connectivity index (χ1) is 7.71. The SMILES string of the molecule is O=C(O)CCc1cc(O)c(O)cc1C(F)(F)F. The molecule has 1 rings (SSSR count). The van der Waals surface area contributed by atoms with Crippen LogP contribution in [-0.2, 0) is 17.4 Å². The van der Waals surface area contributed by atoms with E-state index in [1.807, 2.05) is 0 Å². The molecule has 0 unspecified atom stereocenters. The quantitative estimate of drug-likeness (QED) is 0.718. The number of carboxylic acid groups (broad SMARTS) is 1. The first-order valence-corrected chi connectivity index (χ1v) is 4.55. The number of carboxylic acids is 1. The summed E-state index contributed by atoms with van der Waals surface area (Å²) in [4.78, 5) is 10.3. The Morgan fingerprint density at radius 2 is 1.71 bits per heavy atom. The average Bonchev–Trinajstić information content (AvgIpc) is 2.17. The van der Waals surface area contributed by atoms with Gasteiger partial charge in [-0.3, -0.25) is 4.79 Å². The molecule has 0 aliphatic rings. The van der Waals surface area contributed by atoms with Crippen LogP contribution in [0.3, 0.4) is 0 Å². The molecule has 0 bridgehead atoms. The number of alkyl halides is 3. The van der Waals surface area contributed by atoms with Gasteiger partial charge < -0.3 is 15.3 Å². The predicted molar refractivity (Wildman–Crippen MR) is 50.7 cm³/mol. The minimum atomic E-state index is -4.71. The van der Waals surface area contributed by atoms with E-state index in [4.69, 9.17) is 15.3 Å². The lowest BCUT2D eigenvalue weighted by Crippen LogP contribution is -2.10. The molecule has 0 aliphatic carbocycles. The molecule has 0 saturated heterocycles. The van der Waals surface area contributed by atoms with Crippen molar-refractivity contribution in [1.29, 1.82) is 0 Å². The summed E-state index contributed by atoms with van der Waals surface area (Å²) in [5, 5.41) is 26.5. The molecule has 1 aromatic carbocycles. The molecule has 0 aromatic heterocycles. The number of aryl methyl sites for hydroxylation is 1. The van der Waals surface area contributed by atoms with Gasteiger partial charge in [0.1, 0.15) is 0 Å². The fourth-order valence-electron chi connectivity index (χ4n) is 1.33. The van der Waals surface area contributed by atoms with Crippen molar-refractivity contribution in [2.24, 2.45) is 0 Å². The van der Waals surface area contributed by atoms with Crippen LogP contribution in [0, 0.1) is 0 Å². The van der Waals surface area contributed by atoms with Crippen molar-refractivity contribution in [2.75, 3.05) is 0 Å². The standard InChI is InChI=1S/C10H9F3O4/c11-10(12,13)6-4-8(15)7(14)3-5(6)1-2-9(16)17/h3-4,14-15H,1-2H2,(H,16,17). The van der Waals surface area contributed by atoms with E-state index < -0.39 is 35.6 Å². The van der Waals surface area contributed by atoms with E-state index in [1.165, 1.54) is 0 Å². The summed E-state index contributed by atoms with van der Waals surface area (Å²) >= 11 is 0. The molecular formula is C10H9F3O4. The molecule has 7 heteroatoms. The van der Waals surface area contributed by atoms with E-state index in [2.05, 4.69) is 0 Å². The van der Waals surface area contributed by atoms with Gasteiger partial charge in [0.2, 0.25) is 0 Å². The van der Waals surface area contributed by atoms with E-state index in [0.29, 0.717) is 6.07 Å². The Balaban J connectivity index is 3.17. The van der Waals surface area contributed by atoms with Crippen molar-refractivity contribution >= 4 is 5.97 Å². The number of rotatable bonds is 3. The maximum absolute atomic E-state index is 12.5. The molecule has 0 radical (unpaired) electrons. The average molecular weight is 250 g/mol. The third-order valence-corrected chi connectivity index (χ3v) is 2.11. The van der Waals surface area contributed by atoms with E-state index in [9.17, 15) is 18.0 Å². The highest BCUT2D eigenvalue weighted by atomic mass is 19.4. The Bertz CT molecular complexity index is 440. The maximum Gasteiger partial charge on any atom is 0.416 e. The van der Waals surface area contributed by atoms with Crippen LogP contribution in [0.15, 0.2) is 12.1 Å².